The number of hydrogen-bond acceptors (Lipinski definition) is 6. The largest absolute Gasteiger partial charge is 0.373 e. The quantitative estimate of drug-likeness (QED) is 0.273. The molecule has 7 heteroatoms. The molecule has 0 amide bonds. The van der Waals surface area contributed by atoms with E-state index in [1.54, 1.807) is 0 Å². The lowest BCUT2D eigenvalue weighted by atomic mass is 10.3. The fourth-order valence-corrected chi connectivity index (χ4v) is 1.92. The molecule has 0 aromatic carbocycles. The standard InChI is InChI=1S/C14H31O6P/c1-4-7-10-17-13-14(20-21(15)16,18-11-8-5-2)19-12-9-6-3/h15-16H,4-13H2,1-3H3. The normalized spacial score (nSPS) is 12.3. The maximum Gasteiger partial charge on any atom is 0.331 e. The fraction of sp³-hybridized carbons (Fsp3) is 1.00. The van der Waals surface area contributed by atoms with Crippen molar-refractivity contribution in [2.24, 2.45) is 0 Å². The lowest BCUT2D eigenvalue weighted by Crippen LogP contribution is -2.43. The molecule has 0 bridgehead atoms. The van der Waals surface area contributed by atoms with Crippen LogP contribution in [0.4, 0.5) is 0 Å². The SMILES string of the molecule is CCCCOCC(OCCCC)(OCCCC)OP(O)O. The van der Waals surface area contributed by atoms with Crippen molar-refractivity contribution in [3.63, 3.8) is 0 Å². The van der Waals surface area contributed by atoms with Crippen LogP contribution in [0.15, 0.2) is 0 Å². The van der Waals surface area contributed by atoms with Crippen LogP contribution < -0.4 is 0 Å². The Balaban J connectivity index is 4.56. The molecular weight excluding hydrogens is 295 g/mol. The number of unbranched alkanes of at least 4 members (excludes halogenated alkanes) is 3. The van der Waals surface area contributed by atoms with Crippen LogP contribution in [0, 0.1) is 0 Å². The Morgan fingerprint density at radius 3 is 1.71 bits per heavy atom. The van der Waals surface area contributed by atoms with Gasteiger partial charge in [-0.25, -0.2) is 0 Å². The van der Waals surface area contributed by atoms with Gasteiger partial charge >= 0.3 is 14.6 Å². The minimum atomic E-state index is -2.58. The van der Waals surface area contributed by atoms with E-state index in [1.165, 1.54) is 0 Å². The Hall–Kier alpha value is 0.190. The third kappa shape index (κ3) is 11.4. The fourth-order valence-electron chi connectivity index (χ4n) is 1.52. The van der Waals surface area contributed by atoms with Crippen molar-refractivity contribution in [2.75, 3.05) is 26.4 Å². The van der Waals surface area contributed by atoms with Crippen molar-refractivity contribution in [3.8, 4) is 0 Å². The molecule has 0 saturated carbocycles. The number of hydrogen-bond donors (Lipinski definition) is 2. The van der Waals surface area contributed by atoms with Crippen LogP contribution in [0.2, 0.25) is 0 Å². The van der Waals surface area contributed by atoms with Crippen LogP contribution in [-0.4, -0.2) is 42.2 Å². The van der Waals surface area contributed by atoms with Gasteiger partial charge in [0.05, 0.1) is 13.2 Å². The van der Waals surface area contributed by atoms with Gasteiger partial charge in [-0.3, -0.25) is 4.52 Å². The summed E-state index contributed by atoms with van der Waals surface area (Å²) in [5.74, 6) is -1.52. The van der Waals surface area contributed by atoms with Crippen molar-refractivity contribution in [2.45, 2.75) is 65.3 Å². The molecule has 6 nitrogen and oxygen atoms in total. The van der Waals surface area contributed by atoms with Crippen molar-refractivity contribution >= 4 is 8.60 Å². The summed E-state index contributed by atoms with van der Waals surface area (Å²) in [5.41, 5.74) is 0. The molecule has 0 atom stereocenters. The van der Waals surface area contributed by atoms with Crippen molar-refractivity contribution < 1.29 is 28.5 Å². The van der Waals surface area contributed by atoms with E-state index in [-0.39, 0.29) is 6.61 Å². The maximum atomic E-state index is 9.19. The van der Waals surface area contributed by atoms with E-state index >= 15 is 0 Å². The van der Waals surface area contributed by atoms with Crippen LogP contribution in [0.3, 0.4) is 0 Å². The second-order valence-corrected chi connectivity index (χ2v) is 5.53. The lowest BCUT2D eigenvalue weighted by Gasteiger charge is -2.32. The highest BCUT2D eigenvalue weighted by atomic mass is 31.2. The highest BCUT2D eigenvalue weighted by molar-refractivity contribution is 7.39. The molecule has 0 radical (unpaired) electrons. The maximum absolute atomic E-state index is 9.19. The van der Waals surface area contributed by atoms with E-state index in [0.29, 0.717) is 19.8 Å². The summed E-state index contributed by atoms with van der Waals surface area (Å²) in [6.45, 7) is 7.60. The van der Waals surface area contributed by atoms with Gasteiger partial charge in [-0.05, 0) is 19.3 Å². The molecular formula is C14H31O6P. The Morgan fingerprint density at radius 1 is 0.810 bits per heavy atom. The molecule has 0 aromatic rings. The summed E-state index contributed by atoms with van der Waals surface area (Å²) in [4.78, 5) is 18.4. The number of rotatable bonds is 15. The van der Waals surface area contributed by atoms with E-state index in [9.17, 15) is 9.79 Å². The van der Waals surface area contributed by atoms with Gasteiger partial charge in [0, 0.05) is 6.61 Å². The topological polar surface area (TPSA) is 77.4 Å². The summed E-state index contributed by atoms with van der Waals surface area (Å²) in [6.07, 6.45) is 5.56. The van der Waals surface area contributed by atoms with E-state index in [4.69, 9.17) is 18.7 Å². The van der Waals surface area contributed by atoms with Gasteiger partial charge in [-0.2, -0.15) is 0 Å². The molecule has 0 fully saturated rings. The first-order chi connectivity index (χ1) is 10.1. The highest BCUT2D eigenvalue weighted by Gasteiger charge is 2.37. The molecule has 0 heterocycles. The molecule has 0 saturated heterocycles. The zero-order valence-electron chi connectivity index (χ0n) is 13.5. The van der Waals surface area contributed by atoms with Gasteiger partial charge in [0.2, 0.25) is 0 Å². The second-order valence-electron chi connectivity index (χ2n) is 4.84. The van der Waals surface area contributed by atoms with Crippen molar-refractivity contribution in [1.82, 2.24) is 0 Å². The van der Waals surface area contributed by atoms with E-state index in [0.717, 1.165) is 38.5 Å². The average molecular weight is 326 g/mol. The molecule has 0 spiro atoms. The molecule has 0 unspecified atom stereocenters. The predicted molar refractivity (Wildman–Crippen MR) is 82.6 cm³/mol. The minimum absolute atomic E-state index is 0.0282. The van der Waals surface area contributed by atoms with E-state index < -0.39 is 14.6 Å². The van der Waals surface area contributed by atoms with Crippen molar-refractivity contribution in [1.29, 1.82) is 0 Å². The average Bonchev–Trinajstić information content (AvgIpc) is 2.43. The zero-order valence-corrected chi connectivity index (χ0v) is 14.4. The number of ether oxygens (including phenoxy) is 3. The van der Waals surface area contributed by atoms with Gasteiger partial charge < -0.3 is 24.0 Å². The molecule has 21 heavy (non-hydrogen) atoms. The summed E-state index contributed by atoms with van der Waals surface area (Å²) in [6, 6.07) is 0. The van der Waals surface area contributed by atoms with Crippen LogP contribution in [-0.2, 0) is 18.7 Å². The molecule has 128 valence electrons. The van der Waals surface area contributed by atoms with Gasteiger partial charge in [-0.15, -0.1) is 0 Å². The minimum Gasteiger partial charge on any atom is -0.373 e. The molecule has 2 N–H and O–H groups in total. The highest BCUT2D eigenvalue weighted by Crippen LogP contribution is 2.35. The Kier molecular flexibility index (Phi) is 14.0. The van der Waals surface area contributed by atoms with Gasteiger partial charge in [0.1, 0.15) is 6.61 Å². The van der Waals surface area contributed by atoms with E-state index in [1.807, 2.05) is 13.8 Å². The van der Waals surface area contributed by atoms with Crippen LogP contribution in [0.5, 0.6) is 0 Å². The Morgan fingerprint density at radius 2 is 1.29 bits per heavy atom. The summed E-state index contributed by atoms with van der Waals surface area (Å²) >= 11 is 0. The van der Waals surface area contributed by atoms with Crippen LogP contribution in [0.25, 0.3) is 0 Å². The first-order valence-corrected chi connectivity index (χ1v) is 8.99. The third-order valence-electron chi connectivity index (χ3n) is 2.78. The first kappa shape index (κ1) is 21.2. The molecule has 0 rings (SSSR count). The van der Waals surface area contributed by atoms with Crippen LogP contribution >= 0.6 is 8.60 Å². The smallest absolute Gasteiger partial charge is 0.331 e. The molecule has 0 aliphatic carbocycles. The monoisotopic (exact) mass is 326 g/mol. The lowest BCUT2D eigenvalue weighted by molar-refractivity contribution is -0.362. The van der Waals surface area contributed by atoms with Crippen molar-refractivity contribution in [3.05, 3.63) is 0 Å². The molecule has 0 aromatic heterocycles. The summed E-state index contributed by atoms with van der Waals surface area (Å²) < 4.78 is 21.9. The molecule has 0 aliphatic rings. The second kappa shape index (κ2) is 13.8. The van der Waals surface area contributed by atoms with Gasteiger partial charge in [0.25, 0.3) is 0 Å². The zero-order chi connectivity index (χ0) is 16.0. The Bertz CT molecular complexity index is 218. The van der Waals surface area contributed by atoms with Gasteiger partial charge in [0.15, 0.2) is 0 Å². The van der Waals surface area contributed by atoms with Gasteiger partial charge in [-0.1, -0.05) is 40.0 Å². The third-order valence-corrected chi connectivity index (χ3v) is 3.22. The van der Waals surface area contributed by atoms with Crippen LogP contribution in [0.1, 0.15) is 59.3 Å². The first-order valence-electron chi connectivity index (χ1n) is 7.82. The summed E-state index contributed by atoms with van der Waals surface area (Å²) in [5, 5.41) is 0. The molecule has 0 aliphatic heterocycles. The van der Waals surface area contributed by atoms with E-state index in [2.05, 4.69) is 6.92 Å². The predicted octanol–water partition coefficient (Wildman–Crippen LogP) is 3.32. The summed E-state index contributed by atoms with van der Waals surface area (Å²) in [7, 11) is -2.58. The Labute approximate surface area is 129 Å².